The Kier molecular flexibility index (Phi) is 4.23. The molecular weight excluding hydrogens is 364 g/mol. The fraction of sp³-hybridized carbons (Fsp3) is 0.318. The zero-order chi connectivity index (χ0) is 20.0. The van der Waals surface area contributed by atoms with Gasteiger partial charge in [0.05, 0.1) is 16.6 Å². The van der Waals surface area contributed by atoms with Crippen LogP contribution in [0.1, 0.15) is 40.8 Å². The number of rotatable bonds is 2. The molecule has 2 aromatic carbocycles. The first-order valence-electron chi connectivity index (χ1n) is 9.92. The zero-order valence-electron chi connectivity index (χ0n) is 16.5. The van der Waals surface area contributed by atoms with E-state index in [-0.39, 0.29) is 17.6 Å². The van der Waals surface area contributed by atoms with E-state index in [1.54, 1.807) is 0 Å². The SMILES string of the molecule is Cc1ccc2nnc(C(=O)N3CCCC(c4nc5ccccc5n4C)C3)nc2c1. The predicted molar refractivity (Wildman–Crippen MR) is 111 cm³/mol. The largest absolute Gasteiger partial charge is 0.335 e. The Morgan fingerprint density at radius 2 is 1.90 bits per heavy atom. The number of carbonyl (C=O) groups excluding carboxylic acids is 1. The van der Waals surface area contributed by atoms with E-state index in [0.29, 0.717) is 24.1 Å². The van der Waals surface area contributed by atoms with E-state index < -0.39 is 0 Å². The Morgan fingerprint density at radius 1 is 1.03 bits per heavy atom. The first-order chi connectivity index (χ1) is 14.1. The number of benzene rings is 2. The molecule has 1 saturated heterocycles. The third-order valence-corrected chi connectivity index (χ3v) is 5.70. The summed E-state index contributed by atoms with van der Waals surface area (Å²) in [6, 6.07) is 13.9. The Bertz CT molecular complexity index is 1230. The van der Waals surface area contributed by atoms with Gasteiger partial charge < -0.3 is 9.47 Å². The molecule has 146 valence electrons. The van der Waals surface area contributed by atoms with Gasteiger partial charge in [-0.1, -0.05) is 18.2 Å². The lowest BCUT2D eigenvalue weighted by Crippen LogP contribution is -2.40. The van der Waals surface area contributed by atoms with Crippen LogP contribution in [0.3, 0.4) is 0 Å². The maximum atomic E-state index is 13.1. The van der Waals surface area contributed by atoms with E-state index in [2.05, 4.69) is 25.8 Å². The van der Waals surface area contributed by atoms with E-state index >= 15 is 0 Å². The molecule has 1 atom stereocenters. The molecule has 1 fully saturated rings. The van der Waals surface area contributed by atoms with Crippen LogP contribution in [-0.4, -0.2) is 48.6 Å². The van der Waals surface area contributed by atoms with Gasteiger partial charge in [0.1, 0.15) is 11.3 Å². The van der Waals surface area contributed by atoms with Crippen LogP contribution in [0.4, 0.5) is 0 Å². The summed E-state index contributed by atoms with van der Waals surface area (Å²) in [6.45, 7) is 3.31. The summed E-state index contributed by atoms with van der Waals surface area (Å²) in [6.07, 6.45) is 1.94. The second kappa shape index (κ2) is 6.92. The van der Waals surface area contributed by atoms with Crippen LogP contribution in [-0.2, 0) is 7.05 Å². The van der Waals surface area contributed by atoms with E-state index in [4.69, 9.17) is 4.98 Å². The standard InChI is InChI=1S/C22H22N6O/c1-14-9-10-16-18(12-14)23-20(26-25-16)22(29)28-11-5-6-15(13-28)21-24-17-7-3-4-8-19(17)27(21)2/h3-4,7-10,12,15H,5-6,11,13H2,1-2H3. The van der Waals surface area contributed by atoms with Crippen molar-refractivity contribution < 1.29 is 4.79 Å². The minimum Gasteiger partial charge on any atom is -0.335 e. The third-order valence-electron chi connectivity index (χ3n) is 5.70. The van der Waals surface area contributed by atoms with Crippen molar-refractivity contribution in [3.63, 3.8) is 0 Å². The van der Waals surface area contributed by atoms with Gasteiger partial charge in [0, 0.05) is 26.1 Å². The van der Waals surface area contributed by atoms with Crippen molar-refractivity contribution in [2.75, 3.05) is 13.1 Å². The molecule has 0 radical (unpaired) electrons. The molecule has 1 aliphatic rings. The van der Waals surface area contributed by atoms with Crippen molar-refractivity contribution in [2.24, 2.45) is 7.05 Å². The Labute approximate surface area is 168 Å². The number of piperidine rings is 1. The maximum Gasteiger partial charge on any atom is 0.293 e. The average Bonchev–Trinajstić information content (AvgIpc) is 3.09. The van der Waals surface area contributed by atoms with Crippen molar-refractivity contribution >= 4 is 28.0 Å². The molecule has 4 aromatic rings. The summed E-state index contributed by atoms with van der Waals surface area (Å²) in [7, 11) is 2.05. The number of fused-ring (bicyclic) bond motifs is 2. The number of carbonyl (C=O) groups is 1. The first kappa shape index (κ1) is 17.7. The number of likely N-dealkylation sites (tertiary alicyclic amines) is 1. The summed E-state index contributed by atoms with van der Waals surface area (Å²) in [5.41, 5.74) is 4.58. The van der Waals surface area contributed by atoms with Crippen LogP contribution < -0.4 is 0 Å². The van der Waals surface area contributed by atoms with Gasteiger partial charge in [-0.2, -0.15) is 0 Å². The molecule has 0 saturated carbocycles. The number of hydrogen-bond donors (Lipinski definition) is 0. The molecule has 1 unspecified atom stereocenters. The number of amides is 1. The van der Waals surface area contributed by atoms with Crippen LogP contribution in [0, 0.1) is 6.92 Å². The van der Waals surface area contributed by atoms with Crippen molar-refractivity contribution in [3.05, 3.63) is 59.7 Å². The molecule has 0 aliphatic carbocycles. The molecular formula is C22H22N6O. The molecule has 5 rings (SSSR count). The molecule has 0 bridgehead atoms. The molecule has 2 aromatic heterocycles. The highest BCUT2D eigenvalue weighted by Gasteiger charge is 2.29. The second-order valence-corrected chi connectivity index (χ2v) is 7.74. The summed E-state index contributed by atoms with van der Waals surface area (Å²) in [5.74, 6) is 1.22. The number of aryl methyl sites for hydroxylation is 2. The van der Waals surface area contributed by atoms with Crippen LogP contribution >= 0.6 is 0 Å². The predicted octanol–water partition coefficient (Wildman–Crippen LogP) is 3.24. The maximum absolute atomic E-state index is 13.1. The molecule has 1 amide bonds. The van der Waals surface area contributed by atoms with Crippen molar-refractivity contribution in [2.45, 2.75) is 25.7 Å². The van der Waals surface area contributed by atoms with Gasteiger partial charge in [-0.15, -0.1) is 10.2 Å². The van der Waals surface area contributed by atoms with Gasteiger partial charge in [-0.05, 0) is 49.6 Å². The lowest BCUT2D eigenvalue weighted by Gasteiger charge is -2.31. The molecule has 7 heteroatoms. The monoisotopic (exact) mass is 386 g/mol. The topological polar surface area (TPSA) is 76.8 Å². The number of aromatic nitrogens is 5. The second-order valence-electron chi connectivity index (χ2n) is 7.74. The van der Waals surface area contributed by atoms with Crippen molar-refractivity contribution in [3.8, 4) is 0 Å². The van der Waals surface area contributed by atoms with Gasteiger partial charge in [-0.3, -0.25) is 4.79 Å². The lowest BCUT2D eigenvalue weighted by molar-refractivity contribution is 0.0690. The first-order valence-corrected chi connectivity index (χ1v) is 9.92. The van der Waals surface area contributed by atoms with E-state index in [0.717, 1.165) is 35.3 Å². The average molecular weight is 386 g/mol. The highest BCUT2D eigenvalue weighted by atomic mass is 16.2. The zero-order valence-corrected chi connectivity index (χ0v) is 16.5. The van der Waals surface area contributed by atoms with Gasteiger partial charge >= 0.3 is 0 Å². The van der Waals surface area contributed by atoms with Crippen LogP contribution in [0.15, 0.2) is 42.5 Å². The Hall–Kier alpha value is -3.35. The van der Waals surface area contributed by atoms with Crippen LogP contribution in [0.2, 0.25) is 0 Å². The summed E-state index contributed by atoms with van der Waals surface area (Å²) >= 11 is 0. The van der Waals surface area contributed by atoms with Gasteiger partial charge in [-0.25, -0.2) is 9.97 Å². The highest BCUT2D eigenvalue weighted by molar-refractivity contribution is 5.92. The molecule has 7 nitrogen and oxygen atoms in total. The number of nitrogens with zero attached hydrogens (tertiary/aromatic N) is 6. The fourth-order valence-corrected chi connectivity index (χ4v) is 4.18. The minimum absolute atomic E-state index is 0.161. The van der Waals surface area contributed by atoms with Gasteiger partial charge in [0.15, 0.2) is 0 Å². The normalized spacial score (nSPS) is 17.2. The fourth-order valence-electron chi connectivity index (χ4n) is 4.18. The molecule has 1 aliphatic heterocycles. The highest BCUT2D eigenvalue weighted by Crippen LogP contribution is 2.29. The van der Waals surface area contributed by atoms with Gasteiger partial charge in [0.25, 0.3) is 5.91 Å². The Balaban J connectivity index is 1.42. The van der Waals surface area contributed by atoms with Crippen LogP contribution in [0.5, 0.6) is 0 Å². The smallest absolute Gasteiger partial charge is 0.293 e. The van der Waals surface area contributed by atoms with Gasteiger partial charge in [0.2, 0.25) is 5.82 Å². The van der Waals surface area contributed by atoms with E-state index in [9.17, 15) is 4.79 Å². The minimum atomic E-state index is -0.163. The summed E-state index contributed by atoms with van der Waals surface area (Å²) in [4.78, 5) is 24.2. The van der Waals surface area contributed by atoms with Crippen molar-refractivity contribution in [1.82, 2.24) is 29.6 Å². The molecule has 0 N–H and O–H groups in total. The Morgan fingerprint density at radius 3 is 2.76 bits per heavy atom. The quantitative estimate of drug-likeness (QED) is 0.529. The molecule has 0 spiro atoms. The number of imidazole rings is 1. The van der Waals surface area contributed by atoms with Crippen molar-refractivity contribution in [1.29, 1.82) is 0 Å². The third kappa shape index (κ3) is 3.12. The van der Waals surface area contributed by atoms with E-state index in [1.165, 1.54) is 0 Å². The summed E-state index contributed by atoms with van der Waals surface area (Å²) < 4.78 is 2.14. The molecule has 29 heavy (non-hydrogen) atoms. The molecule has 3 heterocycles. The lowest BCUT2D eigenvalue weighted by atomic mass is 9.97. The summed E-state index contributed by atoms with van der Waals surface area (Å²) in [5, 5.41) is 8.27. The van der Waals surface area contributed by atoms with E-state index in [1.807, 2.05) is 55.3 Å². The van der Waals surface area contributed by atoms with Crippen LogP contribution in [0.25, 0.3) is 22.1 Å². The number of hydrogen-bond acceptors (Lipinski definition) is 5. The number of para-hydroxylation sites is 2.